The maximum absolute atomic E-state index is 13.2. The number of amides is 2. The van der Waals surface area contributed by atoms with E-state index in [0.29, 0.717) is 5.91 Å². The van der Waals surface area contributed by atoms with Gasteiger partial charge in [-0.15, -0.1) is 0 Å². The molecular formula is C25H35N3O2. The van der Waals surface area contributed by atoms with Crippen molar-refractivity contribution >= 4 is 11.8 Å². The number of hydrogen-bond donors (Lipinski definition) is 0. The number of carbonyl (C=O) groups excluding carboxylic acids is 2. The van der Waals surface area contributed by atoms with Gasteiger partial charge in [0.25, 0.3) is 5.91 Å². The second kappa shape index (κ2) is 8.33. The minimum atomic E-state index is 0.148. The normalized spacial score (nSPS) is 25.5. The topological polar surface area (TPSA) is 43.9 Å². The molecule has 5 nitrogen and oxygen atoms in total. The predicted molar refractivity (Wildman–Crippen MR) is 117 cm³/mol. The fourth-order valence-corrected chi connectivity index (χ4v) is 6.00. The zero-order chi connectivity index (χ0) is 20.6. The van der Waals surface area contributed by atoms with Crippen molar-refractivity contribution in [1.82, 2.24) is 14.7 Å². The molecule has 1 saturated carbocycles. The van der Waals surface area contributed by atoms with Crippen LogP contribution in [0.15, 0.2) is 30.3 Å². The van der Waals surface area contributed by atoms with Gasteiger partial charge in [-0.2, -0.15) is 0 Å². The fourth-order valence-electron chi connectivity index (χ4n) is 6.00. The summed E-state index contributed by atoms with van der Waals surface area (Å²) in [5.41, 5.74) is 1.01. The monoisotopic (exact) mass is 409 g/mol. The lowest BCUT2D eigenvalue weighted by atomic mass is 9.77. The third-order valence-electron chi connectivity index (χ3n) is 8.35. The van der Waals surface area contributed by atoms with Gasteiger partial charge in [0.15, 0.2) is 0 Å². The van der Waals surface area contributed by atoms with E-state index in [1.807, 2.05) is 35.2 Å². The van der Waals surface area contributed by atoms with Gasteiger partial charge in [-0.3, -0.25) is 9.59 Å². The van der Waals surface area contributed by atoms with Gasteiger partial charge >= 0.3 is 0 Å². The van der Waals surface area contributed by atoms with Crippen LogP contribution in [0.1, 0.15) is 61.7 Å². The lowest BCUT2D eigenvalue weighted by molar-refractivity contribution is -0.137. The highest BCUT2D eigenvalue weighted by molar-refractivity contribution is 5.94. The molecule has 5 heteroatoms. The molecule has 1 aliphatic carbocycles. The maximum Gasteiger partial charge on any atom is 0.253 e. The third kappa shape index (κ3) is 3.89. The summed E-state index contributed by atoms with van der Waals surface area (Å²) in [5, 5.41) is 0. The molecule has 0 unspecified atom stereocenters. The maximum atomic E-state index is 13.2. The number of benzene rings is 1. The number of piperidine rings is 2. The van der Waals surface area contributed by atoms with E-state index in [1.54, 1.807) is 0 Å². The van der Waals surface area contributed by atoms with E-state index >= 15 is 0 Å². The van der Waals surface area contributed by atoms with Crippen molar-refractivity contribution in [3.63, 3.8) is 0 Å². The standard InChI is InChI=1S/C25H35N3O2/c29-23(20-5-2-1-3-6-20)27-16-11-25(12-17-27)13-18-28(19-25)24(30)21-9-14-26(15-10-21)22-7-4-8-22/h1-3,5-6,21-22H,4,7-19H2. The van der Waals surface area contributed by atoms with Gasteiger partial charge in [0.2, 0.25) is 5.91 Å². The van der Waals surface area contributed by atoms with Gasteiger partial charge in [-0.25, -0.2) is 0 Å². The molecule has 30 heavy (non-hydrogen) atoms. The Bertz CT molecular complexity index is 760. The summed E-state index contributed by atoms with van der Waals surface area (Å²) in [6, 6.07) is 10.4. The number of likely N-dealkylation sites (tertiary alicyclic amines) is 3. The molecule has 4 aliphatic rings. The van der Waals surface area contributed by atoms with Crippen molar-refractivity contribution < 1.29 is 9.59 Å². The van der Waals surface area contributed by atoms with E-state index in [-0.39, 0.29) is 17.2 Å². The van der Waals surface area contributed by atoms with Crippen LogP contribution in [0.4, 0.5) is 0 Å². The van der Waals surface area contributed by atoms with Gasteiger partial charge in [-0.1, -0.05) is 24.6 Å². The molecule has 0 radical (unpaired) electrons. The summed E-state index contributed by atoms with van der Waals surface area (Å²) >= 11 is 0. The molecular weight excluding hydrogens is 374 g/mol. The first kappa shape index (κ1) is 20.0. The van der Waals surface area contributed by atoms with E-state index in [2.05, 4.69) is 9.80 Å². The summed E-state index contributed by atoms with van der Waals surface area (Å²) in [7, 11) is 0. The van der Waals surface area contributed by atoms with Crippen LogP contribution >= 0.6 is 0 Å². The summed E-state index contributed by atoms with van der Waals surface area (Å²) in [6.45, 7) is 5.66. The highest BCUT2D eigenvalue weighted by atomic mass is 16.2. The van der Waals surface area contributed by atoms with Crippen molar-refractivity contribution in [1.29, 1.82) is 0 Å². The van der Waals surface area contributed by atoms with Crippen LogP contribution in [0.2, 0.25) is 0 Å². The first-order chi connectivity index (χ1) is 14.6. The summed E-state index contributed by atoms with van der Waals surface area (Å²) < 4.78 is 0. The Kier molecular flexibility index (Phi) is 5.57. The van der Waals surface area contributed by atoms with Crippen LogP contribution in [0.5, 0.6) is 0 Å². The largest absolute Gasteiger partial charge is 0.342 e. The highest BCUT2D eigenvalue weighted by Gasteiger charge is 2.44. The van der Waals surface area contributed by atoms with Gasteiger partial charge < -0.3 is 14.7 Å². The zero-order valence-corrected chi connectivity index (χ0v) is 18.1. The first-order valence-electron chi connectivity index (χ1n) is 12.0. The molecule has 3 saturated heterocycles. The predicted octanol–water partition coefficient (Wildman–Crippen LogP) is 3.41. The van der Waals surface area contributed by atoms with Gasteiger partial charge in [0, 0.05) is 43.7 Å². The minimum Gasteiger partial charge on any atom is -0.342 e. The molecule has 1 aromatic carbocycles. The van der Waals surface area contributed by atoms with Gasteiger partial charge in [-0.05, 0) is 75.6 Å². The Balaban J connectivity index is 1.12. The molecule has 162 valence electrons. The van der Waals surface area contributed by atoms with Crippen molar-refractivity contribution in [2.45, 2.75) is 57.4 Å². The van der Waals surface area contributed by atoms with Crippen LogP contribution in [-0.4, -0.2) is 71.8 Å². The molecule has 0 N–H and O–H groups in total. The fraction of sp³-hybridized carbons (Fsp3) is 0.680. The van der Waals surface area contributed by atoms with Crippen LogP contribution in [0.3, 0.4) is 0 Å². The molecule has 3 aliphatic heterocycles. The first-order valence-corrected chi connectivity index (χ1v) is 12.0. The molecule has 4 fully saturated rings. The van der Waals surface area contributed by atoms with Gasteiger partial charge in [0.1, 0.15) is 0 Å². The third-order valence-corrected chi connectivity index (χ3v) is 8.35. The van der Waals surface area contributed by atoms with Crippen LogP contribution in [0.25, 0.3) is 0 Å². The molecule has 2 amide bonds. The summed E-state index contributed by atoms with van der Waals surface area (Å²) in [4.78, 5) is 32.7. The second-order valence-corrected chi connectivity index (χ2v) is 10.1. The highest BCUT2D eigenvalue weighted by Crippen LogP contribution is 2.41. The Morgan fingerprint density at radius 1 is 0.800 bits per heavy atom. The Hall–Kier alpha value is -1.88. The minimum absolute atomic E-state index is 0.148. The van der Waals surface area contributed by atoms with E-state index in [1.165, 1.54) is 19.3 Å². The Morgan fingerprint density at radius 2 is 1.43 bits per heavy atom. The summed E-state index contributed by atoms with van der Waals surface area (Å²) in [6.07, 6.45) is 9.33. The van der Waals surface area contributed by atoms with Crippen molar-refractivity contribution in [2.75, 3.05) is 39.3 Å². The number of carbonyl (C=O) groups is 2. The molecule has 0 atom stereocenters. The van der Waals surface area contributed by atoms with Crippen LogP contribution in [-0.2, 0) is 4.79 Å². The molecule has 1 spiro atoms. The van der Waals surface area contributed by atoms with Crippen LogP contribution < -0.4 is 0 Å². The molecule has 0 bridgehead atoms. The Morgan fingerprint density at radius 3 is 2.03 bits per heavy atom. The lowest BCUT2D eigenvalue weighted by Gasteiger charge is -2.42. The molecule has 5 rings (SSSR count). The number of rotatable bonds is 3. The molecule has 1 aromatic rings. The van der Waals surface area contributed by atoms with Crippen molar-refractivity contribution in [3.05, 3.63) is 35.9 Å². The number of nitrogens with zero attached hydrogens (tertiary/aromatic N) is 3. The van der Waals surface area contributed by atoms with E-state index in [9.17, 15) is 9.59 Å². The average molecular weight is 410 g/mol. The van der Waals surface area contributed by atoms with Crippen molar-refractivity contribution in [3.8, 4) is 0 Å². The zero-order valence-electron chi connectivity index (χ0n) is 18.1. The van der Waals surface area contributed by atoms with Crippen LogP contribution in [0, 0.1) is 11.3 Å². The average Bonchev–Trinajstić information content (AvgIpc) is 3.17. The smallest absolute Gasteiger partial charge is 0.253 e. The van der Waals surface area contributed by atoms with Crippen molar-refractivity contribution in [2.24, 2.45) is 11.3 Å². The van der Waals surface area contributed by atoms with E-state index in [0.717, 1.165) is 83.0 Å². The quantitative estimate of drug-likeness (QED) is 0.769. The molecule has 3 heterocycles. The van der Waals surface area contributed by atoms with Gasteiger partial charge in [0.05, 0.1) is 0 Å². The molecule has 0 aromatic heterocycles. The SMILES string of the molecule is O=C(c1ccccc1)N1CCC2(CC1)CCN(C(=O)C1CCN(C3CCC3)CC1)C2. The summed E-state index contributed by atoms with van der Waals surface area (Å²) in [5.74, 6) is 0.786. The number of hydrogen-bond acceptors (Lipinski definition) is 3. The lowest BCUT2D eigenvalue weighted by Crippen LogP contribution is -2.48. The Labute approximate surface area is 180 Å². The second-order valence-electron chi connectivity index (χ2n) is 10.1. The van der Waals surface area contributed by atoms with E-state index < -0.39 is 0 Å². The van der Waals surface area contributed by atoms with E-state index in [4.69, 9.17) is 0 Å².